The zero-order valence-electron chi connectivity index (χ0n) is 13.5. The van der Waals surface area contributed by atoms with Gasteiger partial charge in [-0.05, 0) is 18.2 Å². The average molecular weight is 265 g/mol. The zero-order valence-corrected chi connectivity index (χ0v) is 10.5. The van der Waals surface area contributed by atoms with Gasteiger partial charge < -0.3 is 0 Å². The number of nitrogens with zero attached hydrogens (tertiary/aromatic N) is 5. The second kappa shape index (κ2) is 3.25. The summed E-state index contributed by atoms with van der Waals surface area (Å²) in [5.74, 6) is 0.687. The molecule has 0 N–H and O–H groups in total. The van der Waals surface area contributed by atoms with Gasteiger partial charge in [-0.2, -0.15) is 0 Å². The standard InChI is InChI=1S/C15H12N5/c1-18-13-7-11-3-2-5-17-20(11)15(13)19-9-10-8-16-6-4-12(10)14(18)19/h2-8H,9H2,1H3/q+1/i1D3. The van der Waals surface area contributed by atoms with Gasteiger partial charge in [0, 0.05) is 24.0 Å². The maximum atomic E-state index is 7.99. The highest BCUT2D eigenvalue weighted by atomic mass is 15.3. The van der Waals surface area contributed by atoms with Crippen LogP contribution in [0.5, 0.6) is 0 Å². The largest absolute Gasteiger partial charge is 0.293 e. The molecule has 4 aromatic rings. The van der Waals surface area contributed by atoms with E-state index in [0.29, 0.717) is 17.9 Å². The van der Waals surface area contributed by atoms with Crippen molar-refractivity contribution >= 4 is 16.7 Å². The number of pyridine rings is 1. The third-order valence-corrected chi connectivity index (χ3v) is 3.93. The number of imidazole rings is 1. The summed E-state index contributed by atoms with van der Waals surface area (Å²) in [6.07, 6.45) is 5.19. The Balaban J connectivity index is 2.01. The van der Waals surface area contributed by atoms with Crippen LogP contribution in [-0.4, -0.2) is 19.2 Å². The van der Waals surface area contributed by atoms with E-state index in [0.717, 1.165) is 22.3 Å². The minimum absolute atomic E-state index is 0.598. The minimum atomic E-state index is -2.27. The van der Waals surface area contributed by atoms with Gasteiger partial charge in [0.15, 0.2) is 5.52 Å². The van der Waals surface area contributed by atoms with Gasteiger partial charge in [-0.25, -0.2) is 4.57 Å². The van der Waals surface area contributed by atoms with Gasteiger partial charge in [0.1, 0.15) is 5.52 Å². The molecule has 0 atom stereocenters. The molecule has 1 aliphatic rings. The molecule has 0 aromatic carbocycles. The first-order valence-electron chi connectivity index (χ1n) is 7.90. The molecule has 5 heteroatoms. The van der Waals surface area contributed by atoms with Gasteiger partial charge in [-0.3, -0.25) is 9.55 Å². The van der Waals surface area contributed by atoms with Crippen LogP contribution in [0, 0.1) is 0 Å². The van der Waals surface area contributed by atoms with Crippen molar-refractivity contribution in [1.29, 1.82) is 0 Å². The molecule has 0 spiro atoms. The van der Waals surface area contributed by atoms with E-state index >= 15 is 0 Å². The summed E-state index contributed by atoms with van der Waals surface area (Å²) in [6.45, 7) is -1.67. The highest BCUT2D eigenvalue weighted by Crippen LogP contribution is 2.30. The van der Waals surface area contributed by atoms with Crippen LogP contribution < -0.4 is 4.57 Å². The van der Waals surface area contributed by atoms with E-state index in [-0.39, 0.29) is 0 Å². The van der Waals surface area contributed by atoms with Crippen molar-refractivity contribution in [3.63, 3.8) is 0 Å². The number of aromatic nitrogens is 5. The molecule has 4 aromatic heterocycles. The summed E-state index contributed by atoms with van der Waals surface area (Å²) in [5, 5.41) is 4.39. The smallest absolute Gasteiger partial charge is 0.264 e. The summed E-state index contributed by atoms with van der Waals surface area (Å²) in [6, 6.07) is 7.52. The van der Waals surface area contributed by atoms with Gasteiger partial charge in [0.25, 0.3) is 5.65 Å². The molecule has 20 heavy (non-hydrogen) atoms. The summed E-state index contributed by atoms with van der Waals surface area (Å²) >= 11 is 0. The third-order valence-electron chi connectivity index (χ3n) is 3.93. The molecule has 0 amide bonds. The van der Waals surface area contributed by atoms with Crippen LogP contribution in [0.15, 0.2) is 42.9 Å². The quantitative estimate of drug-likeness (QED) is 0.398. The van der Waals surface area contributed by atoms with E-state index in [1.807, 2.05) is 28.8 Å². The predicted octanol–water partition coefficient (Wildman–Crippen LogP) is 1.54. The fourth-order valence-corrected chi connectivity index (χ4v) is 3.09. The Bertz CT molecular complexity index is 1090. The van der Waals surface area contributed by atoms with Crippen molar-refractivity contribution in [1.82, 2.24) is 19.2 Å². The summed E-state index contributed by atoms with van der Waals surface area (Å²) < 4.78 is 29.2. The fraction of sp³-hybridized carbons (Fsp3) is 0.133. The number of hydrogen-bond donors (Lipinski definition) is 0. The van der Waals surface area contributed by atoms with Gasteiger partial charge in [-0.15, -0.1) is 9.61 Å². The van der Waals surface area contributed by atoms with Crippen LogP contribution in [0.3, 0.4) is 0 Å². The van der Waals surface area contributed by atoms with Crippen LogP contribution in [0.25, 0.3) is 28.1 Å². The highest BCUT2D eigenvalue weighted by molar-refractivity contribution is 5.82. The first-order chi connectivity index (χ1) is 11.1. The average Bonchev–Trinajstić information content (AvgIpc) is 3.12. The second-order valence-corrected chi connectivity index (χ2v) is 4.99. The summed E-state index contributed by atoms with van der Waals surface area (Å²) in [7, 11) is 0. The van der Waals surface area contributed by atoms with Crippen LogP contribution >= 0.6 is 0 Å². The van der Waals surface area contributed by atoms with Crippen molar-refractivity contribution in [2.45, 2.75) is 6.54 Å². The van der Waals surface area contributed by atoms with Crippen molar-refractivity contribution < 1.29 is 8.68 Å². The van der Waals surface area contributed by atoms with Gasteiger partial charge in [-0.1, -0.05) is 0 Å². The highest BCUT2D eigenvalue weighted by Gasteiger charge is 2.33. The van der Waals surface area contributed by atoms with Gasteiger partial charge in [0.2, 0.25) is 5.82 Å². The molecule has 0 aliphatic carbocycles. The first kappa shape index (κ1) is 7.79. The van der Waals surface area contributed by atoms with Gasteiger partial charge in [0.05, 0.1) is 29.4 Å². The Morgan fingerprint density at radius 2 is 2.35 bits per heavy atom. The molecule has 0 unspecified atom stereocenters. The fourth-order valence-electron chi connectivity index (χ4n) is 3.09. The SMILES string of the molecule is [2H]C([2H])([2H])n1c2[n+](c3c1cc1cccnn13)Cc1cnccc1-2. The molecule has 96 valence electrons. The maximum absolute atomic E-state index is 7.99. The molecule has 5 heterocycles. The maximum Gasteiger partial charge on any atom is 0.293 e. The summed E-state index contributed by atoms with van der Waals surface area (Å²) in [5.41, 5.74) is 4.27. The number of hydrogen-bond acceptors (Lipinski definition) is 2. The Kier molecular flexibility index (Phi) is 1.27. The molecule has 0 fully saturated rings. The van der Waals surface area contributed by atoms with Crippen LogP contribution in [0.1, 0.15) is 9.68 Å². The summed E-state index contributed by atoms with van der Waals surface area (Å²) in [4.78, 5) is 4.16. The minimum Gasteiger partial charge on any atom is -0.264 e. The number of fused-ring (bicyclic) bond motifs is 7. The number of rotatable bonds is 0. The lowest BCUT2D eigenvalue weighted by Crippen LogP contribution is -2.32. The monoisotopic (exact) mass is 265 g/mol. The van der Waals surface area contributed by atoms with Crippen molar-refractivity contribution in [3.8, 4) is 11.4 Å². The normalized spacial score (nSPS) is 15.9. The predicted molar refractivity (Wildman–Crippen MR) is 74.2 cm³/mol. The lowest BCUT2D eigenvalue weighted by atomic mass is 10.2. The Labute approximate surface area is 118 Å². The molecular formula is C15H12N5+. The van der Waals surface area contributed by atoms with Crippen LogP contribution in [0.2, 0.25) is 0 Å². The van der Waals surface area contributed by atoms with Crippen LogP contribution in [0.4, 0.5) is 0 Å². The molecule has 0 saturated heterocycles. The molecule has 5 nitrogen and oxygen atoms in total. The lowest BCUT2D eigenvalue weighted by Gasteiger charge is -1.95. The second-order valence-electron chi connectivity index (χ2n) is 4.99. The van der Waals surface area contributed by atoms with Crippen molar-refractivity contribution in [2.75, 3.05) is 0 Å². The molecule has 0 saturated carbocycles. The Morgan fingerprint density at radius 1 is 1.35 bits per heavy atom. The van der Waals surface area contributed by atoms with E-state index in [9.17, 15) is 0 Å². The van der Waals surface area contributed by atoms with E-state index < -0.39 is 6.98 Å². The topological polar surface area (TPSA) is 39.0 Å². The molecule has 0 radical (unpaired) electrons. The molecular weight excluding hydrogens is 250 g/mol. The van der Waals surface area contributed by atoms with Gasteiger partial charge >= 0.3 is 0 Å². The van der Waals surface area contributed by atoms with Crippen LogP contribution in [-0.2, 0) is 13.5 Å². The van der Waals surface area contributed by atoms with E-state index in [4.69, 9.17) is 4.11 Å². The van der Waals surface area contributed by atoms with E-state index in [1.54, 1.807) is 23.1 Å². The molecule has 0 bridgehead atoms. The lowest BCUT2D eigenvalue weighted by molar-refractivity contribution is -0.648. The van der Waals surface area contributed by atoms with E-state index in [1.165, 1.54) is 4.57 Å². The Hall–Kier alpha value is -2.69. The van der Waals surface area contributed by atoms with Crippen molar-refractivity contribution in [2.24, 2.45) is 6.98 Å². The molecule has 5 rings (SSSR count). The van der Waals surface area contributed by atoms with Crippen molar-refractivity contribution in [3.05, 3.63) is 48.4 Å². The first-order valence-corrected chi connectivity index (χ1v) is 6.40. The molecule has 1 aliphatic heterocycles. The third kappa shape index (κ3) is 1.02. The van der Waals surface area contributed by atoms with E-state index in [2.05, 4.69) is 10.1 Å². The Morgan fingerprint density at radius 3 is 3.30 bits per heavy atom. The zero-order chi connectivity index (χ0) is 15.8. The number of aryl methyl sites for hydroxylation is 1.